The number of rotatable bonds is 5. The van der Waals surface area contributed by atoms with E-state index in [1.54, 1.807) is 24.3 Å². The number of benzene rings is 3. The quantitative estimate of drug-likeness (QED) is 0.570. The van der Waals surface area contributed by atoms with E-state index < -0.39 is 0 Å². The van der Waals surface area contributed by atoms with E-state index >= 15 is 0 Å². The summed E-state index contributed by atoms with van der Waals surface area (Å²) in [6.07, 6.45) is 0. The number of nitrogens with one attached hydrogen (secondary N) is 1. The Bertz CT molecular complexity index is 1150. The number of aryl methyl sites for hydroxylation is 2. The van der Waals surface area contributed by atoms with Gasteiger partial charge in [0.15, 0.2) is 0 Å². The summed E-state index contributed by atoms with van der Waals surface area (Å²) < 4.78 is 0. The summed E-state index contributed by atoms with van der Waals surface area (Å²) in [6.45, 7) is 4.17. The lowest BCUT2D eigenvalue weighted by atomic mass is 10.0. The van der Waals surface area contributed by atoms with E-state index in [4.69, 9.17) is 11.6 Å². The van der Waals surface area contributed by atoms with E-state index in [1.807, 2.05) is 62.4 Å². The predicted octanol–water partition coefficient (Wildman–Crippen LogP) is 5.35. The number of amides is 2. The van der Waals surface area contributed by atoms with Crippen LogP contribution in [0.15, 0.2) is 78.5 Å². The van der Waals surface area contributed by atoms with Crippen LogP contribution in [0, 0.1) is 13.8 Å². The standard InChI is InChI=1S/C25H21ClN2O2/c1-16-8-9-17(2)21(14-16)27-23-22(19-10-12-20(26)13-11-19)24(29)28(25(23)30)15-18-6-4-3-5-7-18/h3-14,27H,15H2,1-2H3. The van der Waals surface area contributed by atoms with Gasteiger partial charge in [0, 0.05) is 10.7 Å². The smallest absolute Gasteiger partial charge is 0.278 e. The Kier molecular flexibility index (Phi) is 5.42. The second kappa shape index (κ2) is 8.17. The Labute approximate surface area is 180 Å². The third-order valence-corrected chi connectivity index (χ3v) is 5.39. The molecule has 0 radical (unpaired) electrons. The molecule has 0 aliphatic carbocycles. The van der Waals surface area contributed by atoms with Gasteiger partial charge in [-0.2, -0.15) is 0 Å². The average Bonchev–Trinajstić information content (AvgIpc) is 2.96. The number of carbonyl (C=O) groups excluding carboxylic acids is 2. The van der Waals surface area contributed by atoms with Gasteiger partial charge in [0.25, 0.3) is 11.8 Å². The van der Waals surface area contributed by atoms with Gasteiger partial charge in [0.1, 0.15) is 5.70 Å². The van der Waals surface area contributed by atoms with Crippen molar-refractivity contribution in [2.24, 2.45) is 0 Å². The molecule has 1 aliphatic heterocycles. The van der Waals surface area contributed by atoms with Gasteiger partial charge in [-0.15, -0.1) is 0 Å². The fourth-order valence-electron chi connectivity index (χ4n) is 3.49. The van der Waals surface area contributed by atoms with Crippen molar-refractivity contribution in [3.05, 3.63) is 106 Å². The molecule has 0 unspecified atom stereocenters. The summed E-state index contributed by atoms with van der Waals surface area (Å²) in [5.41, 5.74) is 5.04. The van der Waals surface area contributed by atoms with Crippen molar-refractivity contribution in [3.8, 4) is 0 Å². The molecular weight excluding hydrogens is 396 g/mol. The summed E-state index contributed by atoms with van der Waals surface area (Å²) in [5, 5.41) is 3.81. The second-order valence-electron chi connectivity index (χ2n) is 7.38. The van der Waals surface area contributed by atoms with E-state index in [0.717, 1.165) is 22.4 Å². The Hall–Kier alpha value is -3.37. The lowest BCUT2D eigenvalue weighted by Crippen LogP contribution is -2.32. The Morgan fingerprint density at radius 3 is 2.27 bits per heavy atom. The van der Waals surface area contributed by atoms with Crippen LogP contribution in [-0.4, -0.2) is 16.7 Å². The first kappa shape index (κ1) is 19.9. The summed E-state index contributed by atoms with van der Waals surface area (Å²) in [4.78, 5) is 27.9. The molecular formula is C25H21ClN2O2. The van der Waals surface area contributed by atoms with Crippen LogP contribution in [0.5, 0.6) is 0 Å². The van der Waals surface area contributed by atoms with Crippen LogP contribution in [0.4, 0.5) is 5.69 Å². The van der Waals surface area contributed by atoms with Crippen molar-refractivity contribution in [1.82, 2.24) is 4.90 Å². The molecule has 2 amide bonds. The number of hydrogen-bond acceptors (Lipinski definition) is 3. The molecule has 0 fully saturated rings. The van der Waals surface area contributed by atoms with Crippen LogP contribution in [0.1, 0.15) is 22.3 Å². The number of carbonyl (C=O) groups is 2. The van der Waals surface area contributed by atoms with E-state index in [0.29, 0.717) is 16.2 Å². The number of anilines is 1. The minimum Gasteiger partial charge on any atom is -0.350 e. The molecule has 150 valence electrons. The van der Waals surface area contributed by atoms with Crippen LogP contribution in [0.2, 0.25) is 5.02 Å². The summed E-state index contributed by atoms with van der Waals surface area (Å²) >= 11 is 6.03. The molecule has 3 aromatic rings. The van der Waals surface area contributed by atoms with Crippen LogP contribution in [0.3, 0.4) is 0 Å². The van der Waals surface area contributed by atoms with Crippen LogP contribution in [0.25, 0.3) is 5.57 Å². The Balaban J connectivity index is 1.77. The predicted molar refractivity (Wildman–Crippen MR) is 120 cm³/mol. The van der Waals surface area contributed by atoms with Gasteiger partial charge < -0.3 is 5.32 Å². The Morgan fingerprint density at radius 1 is 0.867 bits per heavy atom. The third kappa shape index (κ3) is 3.87. The van der Waals surface area contributed by atoms with Crippen molar-refractivity contribution in [1.29, 1.82) is 0 Å². The van der Waals surface area contributed by atoms with Crippen LogP contribution >= 0.6 is 11.6 Å². The molecule has 0 bridgehead atoms. The van der Waals surface area contributed by atoms with Gasteiger partial charge in [-0.3, -0.25) is 14.5 Å². The summed E-state index contributed by atoms with van der Waals surface area (Å²) in [5.74, 6) is -0.659. The highest BCUT2D eigenvalue weighted by atomic mass is 35.5. The molecule has 0 spiro atoms. The van der Waals surface area contributed by atoms with Crippen molar-refractivity contribution < 1.29 is 9.59 Å². The molecule has 4 nitrogen and oxygen atoms in total. The summed E-state index contributed by atoms with van der Waals surface area (Å²) in [7, 11) is 0. The lowest BCUT2D eigenvalue weighted by molar-refractivity contribution is -0.137. The van der Waals surface area contributed by atoms with Crippen LogP contribution < -0.4 is 5.32 Å². The highest BCUT2D eigenvalue weighted by Crippen LogP contribution is 2.33. The van der Waals surface area contributed by atoms with Crippen molar-refractivity contribution in [3.63, 3.8) is 0 Å². The van der Waals surface area contributed by atoms with Gasteiger partial charge in [0.2, 0.25) is 0 Å². The van der Waals surface area contributed by atoms with Crippen molar-refractivity contribution in [2.45, 2.75) is 20.4 Å². The zero-order valence-electron chi connectivity index (χ0n) is 16.8. The van der Waals surface area contributed by atoms with E-state index in [2.05, 4.69) is 5.32 Å². The van der Waals surface area contributed by atoms with E-state index in [-0.39, 0.29) is 24.1 Å². The van der Waals surface area contributed by atoms with Crippen molar-refractivity contribution >= 4 is 34.7 Å². The van der Waals surface area contributed by atoms with Gasteiger partial charge in [-0.25, -0.2) is 0 Å². The van der Waals surface area contributed by atoms with Crippen LogP contribution in [-0.2, 0) is 16.1 Å². The van der Waals surface area contributed by atoms with Gasteiger partial charge in [0.05, 0.1) is 12.1 Å². The Morgan fingerprint density at radius 2 is 1.57 bits per heavy atom. The molecule has 1 aliphatic rings. The molecule has 3 aromatic carbocycles. The summed E-state index contributed by atoms with van der Waals surface area (Å²) in [6, 6.07) is 22.4. The zero-order valence-corrected chi connectivity index (χ0v) is 17.5. The molecule has 30 heavy (non-hydrogen) atoms. The zero-order chi connectivity index (χ0) is 21.3. The fraction of sp³-hybridized carbons (Fsp3) is 0.120. The largest absolute Gasteiger partial charge is 0.350 e. The minimum atomic E-state index is -0.338. The van der Waals surface area contributed by atoms with Gasteiger partial charge in [-0.1, -0.05) is 66.2 Å². The van der Waals surface area contributed by atoms with Crippen molar-refractivity contribution in [2.75, 3.05) is 5.32 Å². The van der Waals surface area contributed by atoms with E-state index in [9.17, 15) is 9.59 Å². The number of imide groups is 1. The lowest BCUT2D eigenvalue weighted by Gasteiger charge is -2.16. The number of nitrogens with zero attached hydrogens (tertiary/aromatic N) is 1. The number of hydrogen-bond donors (Lipinski definition) is 1. The minimum absolute atomic E-state index is 0.216. The molecule has 0 saturated carbocycles. The monoisotopic (exact) mass is 416 g/mol. The van der Waals surface area contributed by atoms with E-state index in [1.165, 1.54) is 4.90 Å². The average molecular weight is 417 g/mol. The third-order valence-electron chi connectivity index (χ3n) is 5.14. The molecule has 0 atom stereocenters. The SMILES string of the molecule is Cc1ccc(C)c(NC2=C(c3ccc(Cl)cc3)C(=O)N(Cc3ccccc3)C2=O)c1. The maximum absolute atomic E-state index is 13.3. The molecule has 0 saturated heterocycles. The topological polar surface area (TPSA) is 49.4 Å². The molecule has 4 rings (SSSR count). The van der Waals surface area contributed by atoms with Gasteiger partial charge >= 0.3 is 0 Å². The molecule has 5 heteroatoms. The molecule has 1 heterocycles. The second-order valence-corrected chi connectivity index (χ2v) is 7.82. The first-order chi connectivity index (χ1) is 14.4. The maximum atomic E-state index is 13.3. The van der Waals surface area contributed by atoms with Gasteiger partial charge in [-0.05, 0) is 54.3 Å². The molecule has 1 N–H and O–H groups in total. The highest BCUT2D eigenvalue weighted by molar-refractivity contribution is 6.36. The first-order valence-electron chi connectivity index (χ1n) is 9.68. The maximum Gasteiger partial charge on any atom is 0.278 e. The number of halogens is 1. The normalized spacial score (nSPS) is 13.9. The molecule has 0 aromatic heterocycles. The highest BCUT2D eigenvalue weighted by Gasteiger charge is 2.39. The fourth-order valence-corrected chi connectivity index (χ4v) is 3.62. The first-order valence-corrected chi connectivity index (χ1v) is 10.1.